The van der Waals surface area contributed by atoms with E-state index in [1.54, 1.807) is 6.92 Å². The van der Waals surface area contributed by atoms with Crippen molar-refractivity contribution < 1.29 is 19.4 Å². The number of carbonyl (C=O) groups is 1. The van der Waals surface area contributed by atoms with Gasteiger partial charge >= 0.3 is 5.97 Å². The highest BCUT2D eigenvalue weighted by atomic mass is 16.5. The van der Waals surface area contributed by atoms with Crippen molar-refractivity contribution in [3.63, 3.8) is 0 Å². The average Bonchev–Trinajstić information content (AvgIpc) is 2.72. The summed E-state index contributed by atoms with van der Waals surface area (Å²) in [5.74, 6) is 0.600. The van der Waals surface area contributed by atoms with Crippen LogP contribution in [0.2, 0.25) is 0 Å². The summed E-state index contributed by atoms with van der Waals surface area (Å²) in [5.41, 5.74) is 0.971. The molecule has 0 saturated carbocycles. The first kappa shape index (κ1) is 25.0. The number of aliphatic hydroxyl groups is 1. The maximum atomic E-state index is 11.4. The molecule has 1 N–H and O–H groups in total. The monoisotopic (exact) mass is 402 g/mol. The van der Waals surface area contributed by atoms with Gasteiger partial charge in [-0.2, -0.15) is 0 Å². The fourth-order valence-corrected chi connectivity index (χ4v) is 2.96. The fourth-order valence-electron chi connectivity index (χ4n) is 2.96. The van der Waals surface area contributed by atoms with Crippen LogP contribution >= 0.6 is 0 Å². The molecule has 4 heteroatoms. The number of ether oxygens (including phenoxy) is 2. The minimum absolute atomic E-state index is 0.186. The van der Waals surface area contributed by atoms with Crippen molar-refractivity contribution in [3.05, 3.63) is 48.1 Å². The van der Waals surface area contributed by atoms with E-state index in [0.29, 0.717) is 26.1 Å². The maximum Gasteiger partial charge on any atom is 0.305 e. The molecule has 0 spiro atoms. The number of unbranched alkanes of at least 4 members (excludes halogenated alkanes) is 5. The number of para-hydroxylation sites is 1. The lowest BCUT2D eigenvalue weighted by molar-refractivity contribution is -0.143. The smallest absolute Gasteiger partial charge is 0.305 e. The molecule has 0 fully saturated rings. The molecule has 0 aromatic heterocycles. The van der Waals surface area contributed by atoms with Gasteiger partial charge in [0, 0.05) is 12.0 Å². The Balaban J connectivity index is 2.34. The molecule has 1 atom stereocenters. The normalized spacial score (nSPS) is 12.5. The number of hydrogen-bond acceptors (Lipinski definition) is 4. The van der Waals surface area contributed by atoms with Crippen molar-refractivity contribution in [2.75, 3.05) is 13.2 Å². The first-order valence-corrected chi connectivity index (χ1v) is 11.1. The van der Waals surface area contributed by atoms with E-state index in [1.807, 2.05) is 48.6 Å². The highest BCUT2D eigenvalue weighted by Gasteiger charge is 2.03. The zero-order chi connectivity index (χ0) is 21.2. The van der Waals surface area contributed by atoms with Gasteiger partial charge in [-0.15, -0.1) is 0 Å². The van der Waals surface area contributed by atoms with Crippen LogP contribution in [-0.4, -0.2) is 30.4 Å². The highest BCUT2D eigenvalue weighted by Crippen LogP contribution is 2.20. The van der Waals surface area contributed by atoms with Crippen LogP contribution < -0.4 is 4.74 Å². The molecule has 1 rings (SSSR count). The second-order valence-corrected chi connectivity index (χ2v) is 7.16. The molecule has 0 amide bonds. The molecule has 0 radical (unpaired) electrons. The largest absolute Gasteiger partial charge is 0.493 e. The molecule has 0 heterocycles. The molecule has 162 valence electrons. The van der Waals surface area contributed by atoms with Crippen LogP contribution in [0, 0.1) is 0 Å². The van der Waals surface area contributed by atoms with Gasteiger partial charge < -0.3 is 14.6 Å². The molecule has 1 unspecified atom stereocenters. The number of hydrogen-bond donors (Lipinski definition) is 1. The molecule has 1 aromatic carbocycles. The zero-order valence-corrected chi connectivity index (χ0v) is 18.1. The van der Waals surface area contributed by atoms with Crippen LogP contribution in [0.1, 0.15) is 77.2 Å². The van der Waals surface area contributed by atoms with Crippen LogP contribution in [0.5, 0.6) is 5.75 Å². The number of allylic oxidation sites excluding steroid dienone is 2. The third kappa shape index (κ3) is 12.9. The molecule has 0 saturated heterocycles. The summed E-state index contributed by atoms with van der Waals surface area (Å²) in [6, 6.07) is 7.79. The Kier molecular flexibility index (Phi) is 14.5. The summed E-state index contributed by atoms with van der Waals surface area (Å²) in [6.07, 6.45) is 16.4. The van der Waals surface area contributed by atoms with E-state index in [1.165, 1.54) is 32.1 Å². The molecule has 0 aliphatic rings. The van der Waals surface area contributed by atoms with Gasteiger partial charge in [0.05, 0.1) is 19.3 Å². The number of rotatable bonds is 16. The minimum atomic E-state index is -0.389. The molecule has 0 aliphatic heterocycles. The van der Waals surface area contributed by atoms with E-state index in [-0.39, 0.29) is 12.1 Å². The van der Waals surface area contributed by atoms with E-state index in [9.17, 15) is 9.90 Å². The number of carbonyl (C=O) groups excluding carboxylic acids is 1. The SMILES string of the molecule is CCCCCCCCC(O)C=CC=Cc1ccccc1OCCCC(=O)OCC. The summed E-state index contributed by atoms with van der Waals surface area (Å²) in [5, 5.41) is 10.0. The predicted octanol–water partition coefficient (Wildman–Crippen LogP) is 6.09. The van der Waals surface area contributed by atoms with Gasteiger partial charge in [-0.3, -0.25) is 4.79 Å². The van der Waals surface area contributed by atoms with Gasteiger partial charge in [0.15, 0.2) is 0 Å². The second kappa shape index (κ2) is 16.8. The third-order valence-electron chi connectivity index (χ3n) is 4.58. The molecule has 1 aromatic rings. The topological polar surface area (TPSA) is 55.8 Å². The molecular formula is C25H38O4. The Hall–Kier alpha value is -2.07. The van der Waals surface area contributed by atoms with E-state index in [4.69, 9.17) is 9.47 Å². The molecule has 0 bridgehead atoms. The van der Waals surface area contributed by atoms with Crippen molar-refractivity contribution in [1.82, 2.24) is 0 Å². The Morgan fingerprint density at radius 1 is 1.03 bits per heavy atom. The summed E-state index contributed by atoms with van der Waals surface area (Å²) in [6.45, 7) is 4.91. The van der Waals surface area contributed by atoms with Crippen LogP contribution in [0.3, 0.4) is 0 Å². The maximum absolute atomic E-state index is 11.4. The van der Waals surface area contributed by atoms with Crippen molar-refractivity contribution >= 4 is 12.0 Å². The Labute approximate surface area is 176 Å². The Bertz CT molecular complexity index is 607. The summed E-state index contributed by atoms with van der Waals surface area (Å²) >= 11 is 0. The van der Waals surface area contributed by atoms with Gasteiger partial charge in [-0.1, -0.05) is 88.0 Å². The van der Waals surface area contributed by atoms with Crippen LogP contribution in [0.4, 0.5) is 0 Å². The van der Waals surface area contributed by atoms with Crippen molar-refractivity contribution in [3.8, 4) is 5.75 Å². The second-order valence-electron chi connectivity index (χ2n) is 7.16. The summed E-state index contributed by atoms with van der Waals surface area (Å²) in [4.78, 5) is 11.4. The van der Waals surface area contributed by atoms with Crippen LogP contribution in [-0.2, 0) is 9.53 Å². The van der Waals surface area contributed by atoms with E-state index >= 15 is 0 Å². The van der Waals surface area contributed by atoms with Crippen LogP contribution in [0.25, 0.3) is 6.08 Å². The minimum Gasteiger partial charge on any atom is -0.493 e. The van der Waals surface area contributed by atoms with Crippen LogP contribution in [0.15, 0.2) is 42.5 Å². The molecule has 4 nitrogen and oxygen atoms in total. The number of aliphatic hydroxyl groups excluding tert-OH is 1. The van der Waals surface area contributed by atoms with E-state index in [0.717, 1.165) is 24.2 Å². The summed E-state index contributed by atoms with van der Waals surface area (Å²) < 4.78 is 10.7. The van der Waals surface area contributed by atoms with E-state index in [2.05, 4.69) is 6.92 Å². The Morgan fingerprint density at radius 2 is 1.79 bits per heavy atom. The van der Waals surface area contributed by atoms with Gasteiger partial charge in [-0.05, 0) is 25.8 Å². The molecule has 0 aliphatic carbocycles. The van der Waals surface area contributed by atoms with Gasteiger partial charge in [0.25, 0.3) is 0 Å². The summed E-state index contributed by atoms with van der Waals surface area (Å²) in [7, 11) is 0. The quantitative estimate of drug-likeness (QED) is 0.206. The van der Waals surface area contributed by atoms with Gasteiger partial charge in [-0.25, -0.2) is 0 Å². The van der Waals surface area contributed by atoms with Crippen molar-refractivity contribution in [1.29, 1.82) is 0 Å². The van der Waals surface area contributed by atoms with E-state index < -0.39 is 0 Å². The first-order chi connectivity index (χ1) is 14.2. The number of esters is 1. The van der Waals surface area contributed by atoms with Gasteiger partial charge in [0.1, 0.15) is 5.75 Å². The fraction of sp³-hybridized carbons (Fsp3) is 0.560. The lowest BCUT2D eigenvalue weighted by Gasteiger charge is -2.09. The lowest BCUT2D eigenvalue weighted by atomic mass is 10.1. The third-order valence-corrected chi connectivity index (χ3v) is 4.58. The van der Waals surface area contributed by atoms with Gasteiger partial charge in [0.2, 0.25) is 0 Å². The number of benzene rings is 1. The molecule has 29 heavy (non-hydrogen) atoms. The predicted molar refractivity (Wildman–Crippen MR) is 120 cm³/mol. The first-order valence-electron chi connectivity index (χ1n) is 11.1. The standard InChI is InChI=1S/C25H38O4/c1-3-5-6-7-8-9-17-23(26)18-12-10-15-22-16-11-13-19-24(22)29-21-14-20-25(27)28-4-2/h10-13,15-16,18-19,23,26H,3-9,14,17,20-21H2,1-2H3. The average molecular weight is 403 g/mol. The van der Waals surface area contributed by atoms with Crippen molar-refractivity contribution in [2.45, 2.75) is 77.7 Å². The highest BCUT2D eigenvalue weighted by molar-refractivity contribution is 5.69. The molecular weight excluding hydrogens is 364 g/mol. The van der Waals surface area contributed by atoms with Crippen molar-refractivity contribution in [2.24, 2.45) is 0 Å². The lowest BCUT2D eigenvalue weighted by Crippen LogP contribution is -2.07. The Morgan fingerprint density at radius 3 is 2.59 bits per heavy atom. The zero-order valence-electron chi connectivity index (χ0n) is 18.1.